The Bertz CT molecular complexity index is 900. The molecule has 2 bridgehead atoms. The number of alkyl halides is 1. The van der Waals surface area contributed by atoms with Gasteiger partial charge in [0.25, 0.3) is 0 Å². The van der Waals surface area contributed by atoms with Gasteiger partial charge in [-0.2, -0.15) is 0 Å². The summed E-state index contributed by atoms with van der Waals surface area (Å²) in [7, 11) is 0. The minimum atomic E-state index is -0.919. The number of fused-ring (bicyclic) bond motifs is 3. The van der Waals surface area contributed by atoms with Crippen molar-refractivity contribution in [3.8, 4) is 17.7 Å². The van der Waals surface area contributed by atoms with Gasteiger partial charge in [0.1, 0.15) is 5.60 Å². The van der Waals surface area contributed by atoms with Crippen molar-refractivity contribution in [3.63, 3.8) is 0 Å². The minimum Gasteiger partial charge on any atom is -0.478 e. The van der Waals surface area contributed by atoms with Crippen LogP contribution in [-0.2, 0) is 6.42 Å². The lowest BCUT2D eigenvalue weighted by Crippen LogP contribution is -2.58. The Hall–Kier alpha value is -2.06. The van der Waals surface area contributed by atoms with Gasteiger partial charge in [0.2, 0.25) is 5.88 Å². The fourth-order valence-corrected chi connectivity index (χ4v) is 4.52. The van der Waals surface area contributed by atoms with Gasteiger partial charge in [0.15, 0.2) is 0 Å². The lowest BCUT2D eigenvalue weighted by Gasteiger charge is -2.47. The topological polar surface area (TPSA) is 45.6 Å². The SMILES string of the molecule is O[C@]1(C#Cc2ccc(OCCCCCl)nc2Cc2ccccc2)CN2CCC1CC2. The number of rotatable bonds is 7. The number of hydrogen-bond acceptors (Lipinski definition) is 4. The first kappa shape index (κ1) is 21.2. The Morgan fingerprint density at radius 3 is 2.63 bits per heavy atom. The van der Waals surface area contributed by atoms with Crippen molar-refractivity contribution in [2.75, 3.05) is 32.1 Å². The molecule has 4 heterocycles. The second-order valence-electron chi connectivity index (χ2n) is 8.28. The number of piperidine rings is 3. The number of aliphatic hydroxyl groups is 1. The monoisotopic (exact) mass is 424 g/mol. The van der Waals surface area contributed by atoms with Crippen LogP contribution in [0.3, 0.4) is 0 Å². The molecule has 0 saturated carbocycles. The highest BCUT2D eigenvalue weighted by atomic mass is 35.5. The van der Waals surface area contributed by atoms with Crippen molar-refractivity contribution in [2.24, 2.45) is 5.92 Å². The van der Waals surface area contributed by atoms with Crippen LogP contribution in [0.5, 0.6) is 5.88 Å². The summed E-state index contributed by atoms with van der Waals surface area (Å²) in [6, 6.07) is 14.1. The summed E-state index contributed by atoms with van der Waals surface area (Å²) in [5.74, 6) is 8.02. The van der Waals surface area contributed by atoms with Crippen LogP contribution in [0.4, 0.5) is 0 Å². The van der Waals surface area contributed by atoms with E-state index in [1.54, 1.807) is 0 Å². The third kappa shape index (κ3) is 5.16. The van der Waals surface area contributed by atoms with Crippen LogP contribution in [0, 0.1) is 17.8 Å². The highest BCUT2D eigenvalue weighted by molar-refractivity contribution is 6.17. The summed E-state index contributed by atoms with van der Waals surface area (Å²) in [6.07, 6.45) is 4.56. The van der Waals surface area contributed by atoms with Crippen LogP contribution in [-0.4, -0.2) is 52.7 Å². The second kappa shape index (κ2) is 9.83. The predicted molar refractivity (Wildman–Crippen MR) is 120 cm³/mol. The molecule has 0 amide bonds. The van der Waals surface area contributed by atoms with E-state index in [0.29, 0.717) is 31.3 Å². The van der Waals surface area contributed by atoms with Crippen LogP contribution >= 0.6 is 11.6 Å². The smallest absolute Gasteiger partial charge is 0.213 e. The Balaban J connectivity index is 1.57. The van der Waals surface area contributed by atoms with Crippen LogP contribution in [0.2, 0.25) is 0 Å². The van der Waals surface area contributed by atoms with Crippen molar-refractivity contribution in [3.05, 3.63) is 59.3 Å². The molecular weight excluding hydrogens is 396 g/mol. The average Bonchev–Trinajstić information content (AvgIpc) is 2.77. The van der Waals surface area contributed by atoms with Crippen LogP contribution in [0.25, 0.3) is 0 Å². The highest BCUT2D eigenvalue weighted by Gasteiger charge is 2.44. The van der Waals surface area contributed by atoms with Gasteiger partial charge in [-0.3, -0.25) is 4.90 Å². The number of ether oxygens (including phenoxy) is 1. The van der Waals surface area contributed by atoms with Gasteiger partial charge >= 0.3 is 0 Å². The van der Waals surface area contributed by atoms with Gasteiger partial charge in [0, 0.05) is 36.4 Å². The molecule has 30 heavy (non-hydrogen) atoms. The van der Waals surface area contributed by atoms with Crippen molar-refractivity contribution in [2.45, 2.75) is 37.7 Å². The van der Waals surface area contributed by atoms with Crippen molar-refractivity contribution < 1.29 is 9.84 Å². The van der Waals surface area contributed by atoms with E-state index >= 15 is 0 Å². The summed E-state index contributed by atoms with van der Waals surface area (Å²) in [5, 5.41) is 11.2. The lowest BCUT2D eigenvalue weighted by atomic mass is 9.75. The maximum absolute atomic E-state index is 11.2. The van der Waals surface area contributed by atoms with Gasteiger partial charge < -0.3 is 9.84 Å². The zero-order valence-corrected chi connectivity index (χ0v) is 18.1. The maximum Gasteiger partial charge on any atom is 0.213 e. The standard InChI is InChI=1S/C25H29ClN2O2/c26-14-4-5-17-30-24-9-8-21(23(27-24)18-20-6-2-1-3-7-20)10-13-25(29)19-28-15-11-22(25)12-16-28/h1-3,6-9,22,29H,4-5,11-12,14-19H2/t25-/m1/s1. The Kier molecular flexibility index (Phi) is 6.94. The van der Waals surface area contributed by atoms with Crippen LogP contribution in [0.1, 0.15) is 42.5 Å². The largest absolute Gasteiger partial charge is 0.478 e. The maximum atomic E-state index is 11.2. The van der Waals surface area contributed by atoms with Crippen LogP contribution < -0.4 is 4.74 Å². The summed E-state index contributed by atoms with van der Waals surface area (Å²) in [4.78, 5) is 7.07. The molecule has 0 radical (unpaired) electrons. The molecule has 0 spiro atoms. The molecule has 3 aliphatic rings. The molecule has 0 unspecified atom stereocenters. The fourth-order valence-electron chi connectivity index (χ4n) is 4.33. The summed E-state index contributed by atoms with van der Waals surface area (Å²) < 4.78 is 5.82. The molecule has 1 aromatic heterocycles. The van der Waals surface area contributed by atoms with Crippen molar-refractivity contribution in [1.29, 1.82) is 0 Å². The van der Waals surface area contributed by atoms with E-state index in [0.717, 1.165) is 50.0 Å². The molecule has 1 aromatic carbocycles. The quantitative estimate of drug-likeness (QED) is 0.416. The third-order valence-corrected chi connectivity index (χ3v) is 6.35. The molecule has 3 saturated heterocycles. The molecule has 3 aliphatic heterocycles. The first-order chi connectivity index (χ1) is 14.7. The van der Waals surface area contributed by atoms with E-state index in [2.05, 4.69) is 28.9 Å². The minimum absolute atomic E-state index is 0.269. The van der Waals surface area contributed by atoms with E-state index in [-0.39, 0.29) is 5.92 Å². The number of halogens is 1. The van der Waals surface area contributed by atoms with Gasteiger partial charge in [0.05, 0.1) is 12.3 Å². The summed E-state index contributed by atoms with van der Waals surface area (Å²) in [6.45, 7) is 3.40. The van der Waals surface area contributed by atoms with Gasteiger partial charge in [-0.1, -0.05) is 42.2 Å². The zero-order valence-electron chi connectivity index (χ0n) is 17.3. The van der Waals surface area contributed by atoms with E-state index in [1.807, 2.05) is 30.3 Å². The summed E-state index contributed by atoms with van der Waals surface area (Å²) in [5.41, 5.74) is 2.00. The number of hydrogen-bond donors (Lipinski definition) is 1. The fraction of sp³-hybridized carbons (Fsp3) is 0.480. The van der Waals surface area contributed by atoms with Gasteiger partial charge in [-0.15, -0.1) is 11.6 Å². The normalized spacial score (nSPS) is 24.9. The molecule has 0 aliphatic carbocycles. The molecule has 158 valence electrons. The molecular formula is C25H29ClN2O2. The van der Waals surface area contributed by atoms with Gasteiger partial charge in [-0.05, 0) is 50.4 Å². The number of aromatic nitrogens is 1. The lowest BCUT2D eigenvalue weighted by molar-refractivity contribution is -0.0713. The van der Waals surface area contributed by atoms with Crippen LogP contribution in [0.15, 0.2) is 42.5 Å². The van der Waals surface area contributed by atoms with Crippen molar-refractivity contribution >= 4 is 11.6 Å². The Morgan fingerprint density at radius 2 is 1.93 bits per heavy atom. The molecule has 1 N–H and O–H groups in total. The second-order valence-corrected chi connectivity index (χ2v) is 8.65. The molecule has 1 atom stereocenters. The van der Waals surface area contributed by atoms with E-state index in [4.69, 9.17) is 21.3 Å². The molecule has 5 rings (SSSR count). The van der Waals surface area contributed by atoms with Gasteiger partial charge in [-0.25, -0.2) is 4.98 Å². The van der Waals surface area contributed by atoms with Crippen molar-refractivity contribution in [1.82, 2.24) is 9.88 Å². The molecule has 5 heteroatoms. The highest BCUT2D eigenvalue weighted by Crippen LogP contribution is 2.35. The van der Waals surface area contributed by atoms with E-state index < -0.39 is 5.60 Å². The summed E-state index contributed by atoms with van der Waals surface area (Å²) >= 11 is 5.74. The Morgan fingerprint density at radius 1 is 1.13 bits per heavy atom. The predicted octanol–water partition coefficient (Wildman–Crippen LogP) is 3.88. The molecule has 3 fully saturated rings. The first-order valence-corrected chi connectivity index (χ1v) is 11.4. The third-order valence-electron chi connectivity index (χ3n) is 6.08. The molecule has 2 aromatic rings. The first-order valence-electron chi connectivity index (χ1n) is 10.9. The number of nitrogens with zero attached hydrogens (tertiary/aromatic N) is 2. The Labute approximate surface area is 184 Å². The van der Waals surface area contributed by atoms with E-state index in [9.17, 15) is 5.11 Å². The number of benzene rings is 1. The zero-order chi connectivity index (χ0) is 20.8. The average molecular weight is 425 g/mol. The molecule has 4 nitrogen and oxygen atoms in total. The number of pyridine rings is 1. The van der Waals surface area contributed by atoms with E-state index in [1.165, 1.54) is 5.56 Å². The number of unbranched alkanes of at least 4 members (excludes halogenated alkanes) is 1.